The van der Waals surface area contributed by atoms with E-state index in [0.29, 0.717) is 32.1 Å². The summed E-state index contributed by atoms with van der Waals surface area (Å²) in [6.45, 7) is 1.58. The van der Waals surface area contributed by atoms with Crippen molar-refractivity contribution < 1.29 is 50.0 Å². The first-order chi connectivity index (χ1) is 14.7. The van der Waals surface area contributed by atoms with Gasteiger partial charge in [-0.05, 0) is 51.4 Å². The van der Waals surface area contributed by atoms with Crippen LogP contribution in [0.3, 0.4) is 0 Å². The second-order valence-corrected chi connectivity index (χ2v) is 9.80. The molecule has 0 bridgehead atoms. The molecule has 0 aromatic heterocycles. The highest BCUT2D eigenvalue weighted by Gasteiger charge is 2.51. The molecule has 4 fully saturated rings. The molecule has 14 atom stereocenters. The fourth-order valence-electron chi connectivity index (χ4n) is 5.70. The second kappa shape index (κ2) is 9.46. The summed E-state index contributed by atoms with van der Waals surface area (Å²) in [7, 11) is 0. The molecule has 0 spiro atoms. The summed E-state index contributed by atoms with van der Waals surface area (Å²) in [5.74, 6) is -0.397. The van der Waals surface area contributed by atoms with Crippen LogP contribution >= 0.6 is 0 Å². The maximum Gasteiger partial charge on any atom is 0.186 e. The number of fused-ring (bicyclic) bond motifs is 1. The normalized spacial score (nSPS) is 56.1. The molecule has 4 aliphatic rings. The molecule has 2 aliphatic carbocycles. The van der Waals surface area contributed by atoms with Gasteiger partial charge in [0.2, 0.25) is 0 Å². The Bertz CT molecular complexity index is 607. The van der Waals surface area contributed by atoms with Crippen LogP contribution in [0.1, 0.15) is 45.4 Å². The van der Waals surface area contributed by atoms with Gasteiger partial charge in [-0.2, -0.15) is 0 Å². The summed E-state index contributed by atoms with van der Waals surface area (Å²) in [5.41, 5.74) is 0. The standard InChI is InChI=1S/C21H36O10/c1-8-17(26)18(27)19(28)21(29-8)31-16-7-11-13(24)5-10(22)6-15(11)30-20(16)9-2-3-12(23)14(25)4-9/h8-28H,2-7H2,1H3. The zero-order chi connectivity index (χ0) is 22.4. The van der Waals surface area contributed by atoms with Gasteiger partial charge in [-0.3, -0.25) is 0 Å². The van der Waals surface area contributed by atoms with Gasteiger partial charge in [-0.1, -0.05) is 0 Å². The van der Waals surface area contributed by atoms with E-state index in [1.807, 2.05) is 0 Å². The molecule has 0 radical (unpaired) electrons. The first-order valence-corrected chi connectivity index (χ1v) is 11.4. The third kappa shape index (κ3) is 4.79. The fourth-order valence-corrected chi connectivity index (χ4v) is 5.70. The highest BCUT2D eigenvalue weighted by atomic mass is 16.7. The molecule has 2 saturated heterocycles. The summed E-state index contributed by atoms with van der Waals surface area (Å²) in [5, 5.41) is 71.2. The van der Waals surface area contributed by atoms with Gasteiger partial charge in [0.1, 0.15) is 18.3 Å². The lowest BCUT2D eigenvalue weighted by molar-refractivity contribution is -0.328. The minimum absolute atomic E-state index is 0.130. The number of hydrogen-bond acceptors (Lipinski definition) is 10. The topological polar surface area (TPSA) is 169 Å². The molecule has 31 heavy (non-hydrogen) atoms. The van der Waals surface area contributed by atoms with Gasteiger partial charge in [0, 0.05) is 5.92 Å². The van der Waals surface area contributed by atoms with Gasteiger partial charge in [-0.15, -0.1) is 0 Å². The van der Waals surface area contributed by atoms with Gasteiger partial charge in [0.25, 0.3) is 0 Å². The van der Waals surface area contributed by atoms with E-state index in [1.165, 1.54) is 0 Å². The van der Waals surface area contributed by atoms with Crippen molar-refractivity contribution in [1.82, 2.24) is 0 Å². The van der Waals surface area contributed by atoms with E-state index in [9.17, 15) is 35.7 Å². The number of ether oxygens (including phenoxy) is 3. The van der Waals surface area contributed by atoms with Crippen molar-refractivity contribution in [2.45, 2.75) is 119 Å². The van der Waals surface area contributed by atoms with Crippen LogP contribution in [0.25, 0.3) is 0 Å². The highest BCUT2D eigenvalue weighted by molar-refractivity contribution is 4.98. The molecule has 4 rings (SSSR count). The van der Waals surface area contributed by atoms with E-state index in [2.05, 4.69) is 0 Å². The lowest BCUT2D eigenvalue weighted by atomic mass is 9.72. The molecule has 2 saturated carbocycles. The van der Waals surface area contributed by atoms with Crippen LogP contribution < -0.4 is 0 Å². The minimum atomic E-state index is -1.46. The minimum Gasteiger partial charge on any atom is -0.393 e. The number of rotatable bonds is 3. The molecule has 7 N–H and O–H groups in total. The Balaban J connectivity index is 1.53. The smallest absolute Gasteiger partial charge is 0.186 e. The summed E-state index contributed by atoms with van der Waals surface area (Å²) < 4.78 is 18.0. The lowest BCUT2D eigenvalue weighted by Gasteiger charge is -2.51. The fraction of sp³-hybridized carbons (Fsp3) is 1.00. The molecule has 0 amide bonds. The molecule has 10 heteroatoms. The summed E-state index contributed by atoms with van der Waals surface area (Å²) in [4.78, 5) is 0. The van der Waals surface area contributed by atoms with Crippen LogP contribution in [0.4, 0.5) is 0 Å². The highest BCUT2D eigenvalue weighted by Crippen LogP contribution is 2.43. The van der Waals surface area contributed by atoms with Crippen LogP contribution in [0.2, 0.25) is 0 Å². The summed E-state index contributed by atoms with van der Waals surface area (Å²) in [6.07, 6.45) is -8.22. The SMILES string of the molecule is CC1OC(OC2CC3C(O)CC(O)CC3OC2C2CCC(O)C(O)C2)C(O)C(O)C1O. The zero-order valence-electron chi connectivity index (χ0n) is 17.7. The molecule has 0 aromatic rings. The van der Waals surface area contributed by atoms with Gasteiger partial charge in [0.05, 0.1) is 48.8 Å². The van der Waals surface area contributed by atoms with Crippen LogP contribution in [-0.4, -0.2) is 109 Å². The van der Waals surface area contributed by atoms with Crippen molar-refractivity contribution >= 4 is 0 Å². The quantitative estimate of drug-likeness (QED) is 0.257. The number of aliphatic hydroxyl groups excluding tert-OH is 7. The third-order valence-corrected chi connectivity index (χ3v) is 7.60. The Morgan fingerprint density at radius 2 is 1.45 bits per heavy atom. The van der Waals surface area contributed by atoms with E-state index in [0.717, 1.165) is 0 Å². The molecular formula is C21H36O10. The van der Waals surface area contributed by atoms with Gasteiger partial charge < -0.3 is 50.0 Å². The van der Waals surface area contributed by atoms with Gasteiger partial charge in [-0.25, -0.2) is 0 Å². The van der Waals surface area contributed by atoms with E-state index in [4.69, 9.17) is 14.2 Å². The van der Waals surface area contributed by atoms with Crippen molar-refractivity contribution in [2.24, 2.45) is 11.8 Å². The monoisotopic (exact) mass is 448 g/mol. The van der Waals surface area contributed by atoms with Crippen molar-refractivity contribution in [1.29, 1.82) is 0 Å². The Labute approximate surface area is 181 Å². The molecule has 2 aliphatic heterocycles. The largest absolute Gasteiger partial charge is 0.393 e. The van der Waals surface area contributed by atoms with Crippen LogP contribution in [0.5, 0.6) is 0 Å². The zero-order valence-corrected chi connectivity index (χ0v) is 17.7. The average Bonchev–Trinajstić information content (AvgIpc) is 2.72. The average molecular weight is 449 g/mol. The third-order valence-electron chi connectivity index (χ3n) is 7.60. The first kappa shape index (κ1) is 23.7. The first-order valence-electron chi connectivity index (χ1n) is 11.4. The Hall–Kier alpha value is -0.400. The van der Waals surface area contributed by atoms with E-state index in [-0.39, 0.29) is 24.4 Å². The van der Waals surface area contributed by atoms with Crippen molar-refractivity contribution in [3.63, 3.8) is 0 Å². The van der Waals surface area contributed by atoms with Crippen molar-refractivity contribution in [3.8, 4) is 0 Å². The molecule has 14 unspecified atom stereocenters. The molecule has 0 aromatic carbocycles. The summed E-state index contributed by atoms with van der Waals surface area (Å²) in [6, 6.07) is 0. The van der Waals surface area contributed by atoms with Crippen LogP contribution in [0.15, 0.2) is 0 Å². The predicted octanol–water partition coefficient (Wildman–Crippen LogP) is -1.99. The van der Waals surface area contributed by atoms with E-state index >= 15 is 0 Å². The van der Waals surface area contributed by atoms with Crippen LogP contribution in [-0.2, 0) is 14.2 Å². The lowest BCUT2D eigenvalue weighted by Crippen LogP contribution is -2.61. The van der Waals surface area contributed by atoms with E-state index in [1.54, 1.807) is 6.92 Å². The van der Waals surface area contributed by atoms with Crippen molar-refractivity contribution in [2.75, 3.05) is 0 Å². The molecule has 2 heterocycles. The Morgan fingerprint density at radius 3 is 2.16 bits per heavy atom. The van der Waals surface area contributed by atoms with Crippen molar-refractivity contribution in [3.05, 3.63) is 0 Å². The predicted molar refractivity (Wildman–Crippen MR) is 105 cm³/mol. The Kier molecular flexibility index (Phi) is 7.24. The number of hydrogen-bond donors (Lipinski definition) is 7. The maximum atomic E-state index is 10.5. The molecular weight excluding hydrogens is 412 g/mol. The van der Waals surface area contributed by atoms with Gasteiger partial charge in [0.15, 0.2) is 6.29 Å². The summed E-state index contributed by atoms with van der Waals surface area (Å²) >= 11 is 0. The molecule has 180 valence electrons. The van der Waals surface area contributed by atoms with Gasteiger partial charge >= 0.3 is 0 Å². The number of aliphatic hydroxyl groups is 7. The van der Waals surface area contributed by atoms with E-state index < -0.39 is 67.3 Å². The maximum absolute atomic E-state index is 10.5. The second-order valence-electron chi connectivity index (χ2n) is 9.80. The van der Waals surface area contributed by atoms with Crippen LogP contribution in [0, 0.1) is 11.8 Å². The molecule has 10 nitrogen and oxygen atoms in total. The Morgan fingerprint density at radius 1 is 0.710 bits per heavy atom.